The van der Waals surface area contributed by atoms with Crippen molar-refractivity contribution in [3.63, 3.8) is 0 Å². The second-order valence-electron chi connectivity index (χ2n) is 5.75. The Kier molecular flexibility index (Phi) is 5.01. The standard InChI is InChI=1S/C14H27N3O/c1-2-17(12-7-5-11(15)6-8-12)13-4-3-9-16-14(18)10-13/h11-13H,2-10,15H2,1H3,(H,16,18). The van der Waals surface area contributed by atoms with Crippen LogP contribution in [0.15, 0.2) is 0 Å². The van der Waals surface area contributed by atoms with Crippen LogP contribution in [-0.2, 0) is 4.79 Å². The van der Waals surface area contributed by atoms with Gasteiger partial charge in [0.25, 0.3) is 0 Å². The first kappa shape index (κ1) is 13.8. The first-order valence-corrected chi connectivity index (χ1v) is 7.48. The average molecular weight is 253 g/mol. The van der Waals surface area contributed by atoms with Gasteiger partial charge in [-0.2, -0.15) is 0 Å². The summed E-state index contributed by atoms with van der Waals surface area (Å²) < 4.78 is 0. The van der Waals surface area contributed by atoms with Gasteiger partial charge in [-0.1, -0.05) is 6.92 Å². The van der Waals surface area contributed by atoms with Gasteiger partial charge >= 0.3 is 0 Å². The van der Waals surface area contributed by atoms with Crippen LogP contribution in [0.2, 0.25) is 0 Å². The molecule has 0 bridgehead atoms. The predicted molar refractivity (Wildman–Crippen MR) is 73.3 cm³/mol. The Labute approximate surface area is 110 Å². The Bertz CT molecular complexity index is 274. The monoisotopic (exact) mass is 253 g/mol. The summed E-state index contributed by atoms with van der Waals surface area (Å²) in [6, 6.07) is 1.49. The van der Waals surface area contributed by atoms with Gasteiger partial charge in [0.1, 0.15) is 0 Å². The Hall–Kier alpha value is -0.610. The molecule has 4 nitrogen and oxygen atoms in total. The maximum atomic E-state index is 11.7. The highest BCUT2D eigenvalue weighted by molar-refractivity contribution is 5.76. The highest BCUT2D eigenvalue weighted by Crippen LogP contribution is 2.26. The summed E-state index contributed by atoms with van der Waals surface area (Å²) in [4.78, 5) is 14.3. The van der Waals surface area contributed by atoms with Gasteiger partial charge in [0, 0.05) is 31.1 Å². The SMILES string of the molecule is CCN(C1CCC(N)CC1)C1CCCNC(=O)C1. The molecule has 104 valence electrons. The predicted octanol–water partition coefficient (Wildman–Crippen LogP) is 1.25. The first-order chi connectivity index (χ1) is 8.70. The molecule has 1 saturated carbocycles. The molecular weight excluding hydrogens is 226 g/mol. The second-order valence-corrected chi connectivity index (χ2v) is 5.75. The summed E-state index contributed by atoms with van der Waals surface area (Å²) in [7, 11) is 0. The molecule has 0 radical (unpaired) electrons. The normalized spacial score (nSPS) is 34.2. The minimum Gasteiger partial charge on any atom is -0.356 e. The Morgan fingerprint density at radius 1 is 1.22 bits per heavy atom. The van der Waals surface area contributed by atoms with Crippen molar-refractivity contribution in [1.29, 1.82) is 0 Å². The fourth-order valence-electron chi connectivity index (χ4n) is 3.48. The Balaban J connectivity index is 1.96. The molecule has 1 saturated heterocycles. The number of nitrogens with two attached hydrogens (primary N) is 1. The zero-order valence-electron chi connectivity index (χ0n) is 11.5. The van der Waals surface area contributed by atoms with Gasteiger partial charge in [-0.3, -0.25) is 9.69 Å². The highest BCUT2D eigenvalue weighted by atomic mass is 16.1. The molecule has 18 heavy (non-hydrogen) atoms. The van der Waals surface area contributed by atoms with Crippen molar-refractivity contribution >= 4 is 5.91 Å². The van der Waals surface area contributed by atoms with Crippen LogP contribution in [0.1, 0.15) is 51.9 Å². The fourth-order valence-corrected chi connectivity index (χ4v) is 3.48. The van der Waals surface area contributed by atoms with Crippen LogP contribution in [-0.4, -0.2) is 42.0 Å². The van der Waals surface area contributed by atoms with E-state index in [9.17, 15) is 4.79 Å². The van der Waals surface area contributed by atoms with Crippen molar-refractivity contribution in [3.8, 4) is 0 Å². The van der Waals surface area contributed by atoms with Crippen molar-refractivity contribution in [2.75, 3.05) is 13.1 Å². The third-order valence-electron chi connectivity index (χ3n) is 4.50. The van der Waals surface area contributed by atoms with Gasteiger partial charge < -0.3 is 11.1 Å². The summed E-state index contributed by atoms with van der Waals surface area (Å²) in [5, 5.41) is 2.98. The summed E-state index contributed by atoms with van der Waals surface area (Å²) in [5.41, 5.74) is 5.98. The van der Waals surface area contributed by atoms with E-state index in [1.807, 2.05) is 0 Å². The molecule has 1 heterocycles. The number of nitrogens with zero attached hydrogens (tertiary/aromatic N) is 1. The summed E-state index contributed by atoms with van der Waals surface area (Å²) >= 11 is 0. The molecule has 0 aromatic carbocycles. The third kappa shape index (κ3) is 3.45. The second kappa shape index (κ2) is 6.53. The largest absolute Gasteiger partial charge is 0.356 e. The average Bonchev–Trinajstić information content (AvgIpc) is 2.57. The number of carbonyl (C=O) groups excluding carboxylic acids is 1. The van der Waals surface area contributed by atoms with Crippen LogP contribution in [0.5, 0.6) is 0 Å². The maximum absolute atomic E-state index is 11.7. The summed E-state index contributed by atoms with van der Waals surface area (Å²) in [6.45, 7) is 4.12. The van der Waals surface area contributed by atoms with Gasteiger partial charge in [-0.05, 0) is 45.1 Å². The number of amides is 1. The number of rotatable bonds is 3. The smallest absolute Gasteiger partial charge is 0.221 e. The van der Waals surface area contributed by atoms with E-state index in [4.69, 9.17) is 5.73 Å². The van der Waals surface area contributed by atoms with Crippen molar-refractivity contribution < 1.29 is 4.79 Å². The molecular formula is C14H27N3O. The summed E-state index contributed by atoms with van der Waals surface area (Å²) in [5.74, 6) is 0.225. The van der Waals surface area contributed by atoms with Gasteiger partial charge in [0.05, 0.1) is 0 Å². The van der Waals surface area contributed by atoms with E-state index in [1.165, 1.54) is 12.8 Å². The molecule has 1 aliphatic heterocycles. The number of hydrogen-bond acceptors (Lipinski definition) is 3. The van der Waals surface area contributed by atoms with Crippen LogP contribution in [0.25, 0.3) is 0 Å². The van der Waals surface area contributed by atoms with Crippen LogP contribution in [0.3, 0.4) is 0 Å². The van der Waals surface area contributed by atoms with Crippen molar-refractivity contribution in [3.05, 3.63) is 0 Å². The first-order valence-electron chi connectivity index (χ1n) is 7.48. The van der Waals surface area contributed by atoms with Crippen molar-refractivity contribution in [1.82, 2.24) is 10.2 Å². The molecule has 0 aromatic rings. The molecule has 4 heteroatoms. The lowest BCUT2D eigenvalue weighted by molar-refractivity contribution is -0.122. The topological polar surface area (TPSA) is 58.4 Å². The third-order valence-corrected chi connectivity index (χ3v) is 4.50. The molecule has 2 fully saturated rings. The molecule has 1 atom stereocenters. The van der Waals surface area contributed by atoms with E-state index in [0.717, 1.165) is 38.8 Å². The Morgan fingerprint density at radius 3 is 2.61 bits per heavy atom. The van der Waals surface area contributed by atoms with Crippen LogP contribution >= 0.6 is 0 Å². The van der Waals surface area contributed by atoms with Crippen LogP contribution in [0.4, 0.5) is 0 Å². The van der Waals surface area contributed by atoms with Gasteiger partial charge in [0.15, 0.2) is 0 Å². The van der Waals surface area contributed by atoms with E-state index in [-0.39, 0.29) is 5.91 Å². The van der Waals surface area contributed by atoms with E-state index in [1.54, 1.807) is 0 Å². The van der Waals surface area contributed by atoms with E-state index < -0.39 is 0 Å². The molecule has 2 aliphatic rings. The quantitative estimate of drug-likeness (QED) is 0.796. The molecule has 1 aliphatic carbocycles. The lowest BCUT2D eigenvalue weighted by atomic mass is 9.89. The molecule has 0 aromatic heterocycles. The van der Waals surface area contributed by atoms with Gasteiger partial charge in [0.2, 0.25) is 5.91 Å². The van der Waals surface area contributed by atoms with Crippen molar-refractivity contribution in [2.24, 2.45) is 5.73 Å². The minimum atomic E-state index is 0.225. The van der Waals surface area contributed by atoms with Crippen LogP contribution in [0, 0.1) is 0 Å². The minimum absolute atomic E-state index is 0.225. The van der Waals surface area contributed by atoms with E-state index in [2.05, 4.69) is 17.1 Å². The number of hydrogen-bond donors (Lipinski definition) is 2. The molecule has 0 spiro atoms. The van der Waals surface area contributed by atoms with E-state index in [0.29, 0.717) is 24.5 Å². The molecule has 3 N–H and O–H groups in total. The maximum Gasteiger partial charge on any atom is 0.221 e. The number of nitrogens with one attached hydrogen (secondary N) is 1. The fraction of sp³-hybridized carbons (Fsp3) is 0.929. The molecule has 1 unspecified atom stereocenters. The number of carbonyl (C=O) groups is 1. The molecule has 2 rings (SSSR count). The summed E-state index contributed by atoms with van der Waals surface area (Å²) in [6.07, 6.45) is 7.62. The molecule has 1 amide bonds. The lowest BCUT2D eigenvalue weighted by Crippen LogP contribution is -2.47. The lowest BCUT2D eigenvalue weighted by Gasteiger charge is -2.40. The van der Waals surface area contributed by atoms with Crippen molar-refractivity contribution in [2.45, 2.75) is 70.0 Å². The van der Waals surface area contributed by atoms with Gasteiger partial charge in [-0.15, -0.1) is 0 Å². The van der Waals surface area contributed by atoms with Gasteiger partial charge in [-0.25, -0.2) is 0 Å². The Morgan fingerprint density at radius 2 is 1.94 bits per heavy atom. The highest BCUT2D eigenvalue weighted by Gasteiger charge is 2.30. The van der Waals surface area contributed by atoms with E-state index >= 15 is 0 Å². The van der Waals surface area contributed by atoms with Crippen LogP contribution < -0.4 is 11.1 Å². The zero-order chi connectivity index (χ0) is 13.0. The zero-order valence-corrected chi connectivity index (χ0v) is 11.5.